The van der Waals surface area contributed by atoms with Crippen molar-refractivity contribution in [1.82, 2.24) is 0 Å². The summed E-state index contributed by atoms with van der Waals surface area (Å²) in [5, 5.41) is 0. The SMILES string of the molecule is [CH3][Ge]([CH3])([c]1cccc(N2CCC2)c1)[c]1cccc(N2CCC2)c1. The zero-order valence-electron chi connectivity index (χ0n) is 14.3. The fraction of sp³-hybridized carbons (Fsp3) is 0.400. The number of rotatable bonds is 4. The number of hydrogen-bond donors (Lipinski definition) is 0. The standard InChI is InChI=1S/C20H26GeN2/c1-21(2,17-7-3-9-19(15-17)22-11-5-12-22)18-8-4-10-20(16-18)23-13-6-14-23/h3-4,7-10,15-16H,5-6,11-14H2,1-2H3. The molecular formula is C20H26GeN2. The molecule has 2 aliphatic heterocycles. The van der Waals surface area contributed by atoms with Gasteiger partial charge in [0.2, 0.25) is 0 Å². The van der Waals surface area contributed by atoms with Gasteiger partial charge in [0, 0.05) is 0 Å². The average Bonchev–Trinajstić information content (AvgIpc) is 2.44. The summed E-state index contributed by atoms with van der Waals surface area (Å²) in [4.78, 5) is 5.00. The zero-order chi connectivity index (χ0) is 15.9. The van der Waals surface area contributed by atoms with Crippen LogP contribution in [0.4, 0.5) is 11.4 Å². The van der Waals surface area contributed by atoms with Crippen LogP contribution in [0.15, 0.2) is 48.5 Å². The fourth-order valence-electron chi connectivity index (χ4n) is 3.50. The molecule has 0 saturated carbocycles. The molecule has 4 rings (SSSR count). The van der Waals surface area contributed by atoms with Crippen molar-refractivity contribution >= 4 is 33.4 Å². The van der Waals surface area contributed by atoms with E-state index in [1.165, 1.54) is 50.4 Å². The predicted molar refractivity (Wildman–Crippen MR) is 103 cm³/mol. The minimum absolute atomic E-state index is 1.22. The summed E-state index contributed by atoms with van der Waals surface area (Å²) >= 11 is -2.23. The van der Waals surface area contributed by atoms with Crippen LogP contribution in [0.25, 0.3) is 0 Å². The first kappa shape index (κ1) is 15.1. The molecule has 2 aromatic carbocycles. The molecular weight excluding hydrogens is 341 g/mol. The predicted octanol–water partition coefficient (Wildman–Crippen LogP) is 2.93. The second-order valence-electron chi connectivity index (χ2n) is 7.41. The summed E-state index contributed by atoms with van der Waals surface area (Å²) in [6.45, 7) is 4.89. The molecule has 3 heteroatoms. The zero-order valence-corrected chi connectivity index (χ0v) is 16.4. The monoisotopic (exact) mass is 368 g/mol. The van der Waals surface area contributed by atoms with Gasteiger partial charge in [0.1, 0.15) is 0 Å². The van der Waals surface area contributed by atoms with E-state index in [2.05, 4.69) is 69.8 Å². The Morgan fingerprint density at radius 2 is 1.13 bits per heavy atom. The molecule has 0 aromatic heterocycles. The van der Waals surface area contributed by atoms with E-state index in [4.69, 9.17) is 0 Å². The second-order valence-corrected chi connectivity index (χ2v) is 16.6. The van der Waals surface area contributed by atoms with Gasteiger partial charge in [-0.3, -0.25) is 0 Å². The summed E-state index contributed by atoms with van der Waals surface area (Å²) in [7, 11) is 0. The fourth-order valence-corrected chi connectivity index (χ4v) is 8.48. The summed E-state index contributed by atoms with van der Waals surface area (Å²) < 4.78 is 3.19. The third kappa shape index (κ3) is 2.78. The Labute approximate surface area is 142 Å². The Balaban J connectivity index is 1.66. The van der Waals surface area contributed by atoms with Gasteiger partial charge in [-0.2, -0.15) is 0 Å². The summed E-state index contributed by atoms with van der Waals surface area (Å²) in [5.41, 5.74) is 2.85. The Morgan fingerprint density at radius 1 is 0.696 bits per heavy atom. The molecule has 0 unspecified atom stereocenters. The van der Waals surface area contributed by atoms with Gasteiger partial charge in [-0.1, -0.05) is 0 Å². The van der Waals surface area contributed by atoms with Crippen molar-refractivity contribution in [2.75, 3.05) is 36.0 Å². The first-order valence-corrected chi connectivity index (χ1v) is 15.1. The minimum atomic E-state index is -2.23. The summed E-state index contributed by atoms with van der Waals surface area (Å²) in [6, 6.07) is 18.7. The Kier molecular flexibility index (Phi) is 3.88. The first-order chi connectivity index (χ1) is 11.1. The van der Waals surface area contributed by atoms with E-state index in [1.54, 1.807) is 8.79 Å². The number of hydrogen-bond acceptors (Lipinski definition) is 2. The summed E-state index contributed by atoms with van der Waals surface area (Å²) in [5.74, 6) is 5.06. The summed E-state index contributed by atoms with van der Waals surface area (Å²) in [6.07, 6.45) is 2.68. The van der Waals surface area contributed by atoms with E-state index in [1.807, 2.05) is 0 Å². The maximum absolute atomic E-state index is 2.53. The van der Waals surface area contributed by atoms with Gasteiger partial charge in [0.05, 0.1) is 0 Å². The number of nitrogens with zero attached hydrogens (tertiary/aromatic N) is 2. The topological polar surface area (TPSA) is 6.48 Å². The molecule has 2 heterocycles. The molecule has 0 N–H and O–H groups in total. The van der Waals surface area contributed by atoms with Crippen LogP contribution in [-0.2, 0) is 0 Å². The molecule has 120 valence electrons. The van der Waals surface area contributed by atoms with E-state index in [9.17, 15) is 0 Å². The third-order valence-electron chi connectivity index (χ3n) is 5.58. The van der Waals surface area contributed by atoms with E-state index < -0.39 is 13.3 Å². The molecule has 23 heavy (non-hydrogen) atoms. The molecule has 0 amide bonds. The molecule has 0 bridgehead atoms. The Hall–Kier alpha value is -1.42. The molecule has 2 nitrogen and oxygen atoms in total. The van der Waals surface area contributed by atoms with E-state index >= 15 is 0 Å². The molecule has 0 aliphatic carbocycles. The molecule has 2 saturated heterocycles. The van der Waals surface area contributed by atoms with Gasteiger partial charge in [0.15, 0.2) is 0 Å². The Morgan fingerprint density at radius 3 is 1.48 bits per heavy atom. The van der Waals surface area contributed by atoms with Crippen molar-refractivity contribution in [1.29, 1.82) is 0 Å². The van der Waals surface area contributed by atoms with Gasteiger partial charge in [-0.05, 0) is 0 Å². The van der Waals surface area contributed by atoms with E-state index in [0.717, 1.165) is 0 Å². The molecule has 2 aromatic rings. The van der Waals surface area contributed by atoms with Gasteiger partial charge in [-0.25, -0.2) is 0 Å². The van der Waals surface area contributed by atoms with Crippen molar-refractivity contribution in [3.8, 4) is 0 Å². The van der Waals surface area contributed by atoms with Gasteiger partial charge < -0.3 is 0 Å². The number of anilines is 2. The van der Waals surface area contributed by atoms with Crippen molar-refractivity contribution in [2.45, 2.75) is 24.4 Å². The molecule has 0 atom stereocenters. The molecule has 0 spiro atoms. The average molecular weight is 367 g/mol. The van der Waals surface area contributed by atoms with Crippen LogP contribution in [0.2, 0.25) is 11.5 Å². The molecule has 2 aliphatic rings. The van der Waals surface area contributed by atoms with Crippen LogP contribution in [0.5, 0.6) is 0 Å². The molecule has 0 radical (unpaired) electrons. The van der Waals surface area contributed by atoms with Gasteiger partial charge in [-0.15, -0.1) is 0 Å². The van der Waals surface area contributed by atoms with Crippen LogP contribution in [-0.4, -0.2) is 39.4 Å². The van der Waals surface area contributed by atoms with Crippen molar-refractivity contribution in [3.63, 3.8) is 0 Å². The van der Waals surface area contributed by atoms with Gasteiger partial charge in [0.25, 0.3) is 0 Å². The number of benzene rings is 2. The quantitative estimate of drug-likeness (QED) is 0.767. The van der Waals surface area contributed by atoms with Crippen LogP contribution >= 0.6 is 0 Å². The maximum atomic E-state index is 2.53. The normalized spacial score (nSPS) is 17.7. The van der Waals surface area contributed by atoms with E-state index in [-0.39, 0.29) is 0 Å². The van der Waals surface area contributed by atoms with Crippen molar-refractivity contribution in [2.24, 2.45) is 0 Å². The van der Waals surface area contributed by atoms with Crippen LogP contribution in [0.1, 0.15) is 12.8 Å². The van der Waals surface area contributed by atoms with Crippen LogP contribution in [0, 0.1) is 0 Å². The molecule has 2 fully saturated rings. The van der Waals surface area contributed by atoms with Crippen LogP contribution in [0.3, 0.4) is 0 Å². The van der Waals surface area contributed by atoms with Crippen molar-refractivity contribution < 1.29 is 0 Å². The van der Waals surface area contributed by atoms with Crippen LogP contribution < -0.4 is 18.6 Å². The third-order valence-corrected chi connectivity index (χ3v) is 12.9. The second kappa shape index (κ2) is 5.90. The first-order valence-electron chi connectivity index (χ1n) is 8.85. The van der Waals surface area contributed by atoms with Crippen molar-refractivity contribution in [3.05, 3.63) is 48.5 Å². The van der Waals surface area contributed by atoms with Gasteiger partial charge >= 0.3 is 142 Å². The Bertz CT molecular complexity index is 643. The van der Waals surface area contributed by atoms with E-state index in [0.29, 0.717) is 0 Å².